The molecule has 6 heteroatoms. The van der Waals surface area contributed by atoms with Gasteiger partial charge in [-0.2, -0.15) is 5.10 Å². The summed E-state index contributed by atoms with van der Waals surface area (Å²) in [7, 11) is 0. The van der Waals surface area contributed by atoms with Crippen LogP contribution in [0.2, 0.25) is 0 Å². The molecule has 4 rings (SSSR count). The predicted molar refractivity (Wildman–Crippen MR) is 102 cm³/mol. The average molecular weight is 353 g/mol. The van der Waals surface area contributed by atoms with E-state index in [0.717, 1.165) is 42.4 Å². The normalized spacial score (nSPS) is 20.6. The van der Waals surface area contributed by atoms with E-state index in [0.29, 0.717) is 12.2 Å². The summed E-state index contributed by atoms with van der Waals surface area (Å²) in [5, 5.41) is 13.5. The zero-order valence-corrected chi connectivity index (χ0v) is 15.3. The van der Waals surface area contributed by atoms with Gasteiger partial charge in [0.1, 0.15) is 0 Å². The van der Waals surface area contributed by atoms with Crippen LogP contribution >= 0.6 is 0 Å². The first kappa shape index (κ1) is 17.2. The molecular weight excluding hydrogens is 326 g/mol. The molecule has 1 aromatic carbocycles. The van der Waals surface area contributed by atoms with Gasteiger partial charge in [0.2, 0.25) is 0 Å². The molecule has 138 valence electrons. The number of piperidine rings is 1. The summed E-state index contributed by atoms with van der Waals surface area (Å²) < 4.78 is 0. The molecule has 2 aliphatic heterocycles. The highest BCUT2D eigenvalue weighted by atomic mass is 16.1. The zero-order chi connectivity index (χ0) is 17.9. The van der Waals surface area contributed by atoms with Crippen molar-refractivity contribution in [3.8, 4) is 0 Å². The lowest BCUT2D eigenvalue weighted by molar-refractivity contribution is 0.102. The average Bonchev–Trinajstić information content (AvgIpc) is 3.08. The quantitative estimate of drug-likeness (QED) is 0.790. The predicted octanol–water partition coefficient (Wildman–Crippen LogP) is 2.54. The van der Waals surface area contributed by atoms with Gasteiger partial charge in [-0.25, -0.2) is 0 Å². The molecule has 3 heterocycles. The van der Waals surface area contributed by atoms with Crippen molar-refractivity contribution in [3.05, 3.63) is 46.8 Å². The lowest BCUT2D eigenvalue weighted by Gasteiger charge is -2.30. The van der Waals surface area contributed by atoms with E-state index in [1.807, 2.05) is 12.1 Å². The second-order valence-electron chi connectivity index (χ2n) is 7.59. The van der Waals surface area contributed by atoms with Gasteiger partial charge in [-0.05, 0) is 43.0 Å². The van der Waals surface area contributed by atoms with Crippen LogP contribution in [-0.4, -0.2) is 40.6 Å². The number of hydrogen-bond acceptors (Lipinski definition) is 4. The van der Waals surface area contributed by atoms with Crippen LogP contribution in [0.3, 0.4) is 0 Å². The highest BCUT2D eigenvalue weighted by Gasteiger charge is 2.21. The fourth-order valence-corrected chi connectivity index (χ4v) is 3.99. The molecule has 0 spiro atoms. The molecule has 0 aliphatic carbocycles. The van der Waals surface area contributed by atoms with Crippen LogP contribution < -0.4 is 10.6 Å². The summed E-state index contributed by atoms with van der Waals surface area (Å²) in [6.45, 7) is 7.29. The molecule has 1 fully saturated rings. The van der Waals surface area contributed by atoms with Gasteiger partial charge in [0.25, 0.3) is 5.91 Å². The number of aromatic nitrogens is 2. The number of H-pyrrole nitrogens is 1. The molecule has 1 amide bonds. The smallest absolute Gasteiger partial charge is 0.276 e. The van der Waals surface area contributed by atoms with Gasteiger partial charge < -0.3 is 10.6 Å². The van der Waals surface area contributed by atoms with Crippen molar-refractivity contribution in [3.63, 3.8) is 0 Å². The Hall–Kier alpha value is -2.18. The number of benzene rings is 1. The third-order valence-corrected chi connectivity index (χ3v) is 5.38. The summed E-state index contributed by atoms with van der Waals surface area (Å²) in [5.41, 5.74) is 4.66. The minimum Gasteiger partial charge on any atom is -0.321 e. The van der Waals surface area contributed by atoms with Crippen LogP contribution in [0, 0.1) is 5.92 Å². The SMILES string of the molecule is CC1CCCN(Cc2ccc(NC(=O)c3n[nH]c4c3CNCC4)cc2)C1. The number of rotatable bonds is 4. The molecule has 1 unspecified atom stereocenters. The highest BCUT2D eigenvalue weighted by Crippen LogP contribution is 2.20. The first-order chi connectivity index (χ1) is 12.7. The largest absolute Gasteiger partial charge is 0.321 e. The number of carbonyl (C=O) groups excluding carboxylic acids is 1. The highest BCUT2D eigenvalue weighted by molar-refractivity contribution is 6.04. The number of carbonyl (C=O) groups is 1. The van der Waals surface area contributed by atoms with E-state index < -0.39 is 0 Å². The third kappa shape index (κ3) is 3.81. The van der Waals surface area contributed by atoms with Crippen LogP contribution in [0.5, 0.6) is 0 Å². The minimum atomic E-state index is -0.149. The molecule has 1 atom stereocenters. The van der Waals surface area contributed by atoms with Crippen molar-refractivity contribution in [2.45, 2.75) is 39.3 Å². The molecule has 2 aromatic rings. The lowest BCUT2D eigenvalue weighted by atomic mass is 10.00. The summed E-state index contributed by atoms with van der Waals surface area (Å²) in [5.74, 6) is 0.639. The molecule has 1 saturated heterocycles. The van der Waals surface area contributed by atoms with Crippen molar-refractivity contribution in [2.75, 3.05) is 25.0 Å². The van der Waals surface area contributed by atoms with Gasteiger partial charge in [-0.3, -0.25) is 14.8 Å². The van der Waals surface area contributed by atoms with Gasteiger partial charge in [0.05, 0.1) is 0 Å². The van der Waals surface area contributed by atoms with E-state index in [1.54, 1.807) is 0 Å². The Morgan fingerprint density at radius 1 is 1.35 bits per heavy atom. The van der Waals surface area contributed by atoms with Gasteiger partial charge in [-0.15, -0.1) is 0 Å². The summed E-state index contributed by atoms with van der Waals surface area (Å²) in [6.07, 6.45) is 3.52. The van der Waals surface area contributed by atoms with Crippen LogP contribution in [0.15, 0.2) is 24.3 Å². The maximum Gasteiger partial charge on any atom is 0.276 e. The Bertz CT molecular complexity index is 767. The Morgan fingerprint density at radius 2 is 2.19 bits per heavy atom. The van der Waals surface area contributed by atoms with Crippen molar-refractivity contribution in [2.24, 2.45) is 5.92 Å². The van der Waals surface area contributed by atoms with Crippen LogP contribution in [0.25, 0.3) is 0 Å². The Balaban J connectivity index is 1.38. The van der Waals surface area contributed by atoms with Gasteiger partial charge in [0.15, 0.2) is 5.69 Å². The second-order valence-corrected chi connectivity index (χ2v) is 7.59. The van der Waals surface area contributed by atoms with E-state index >= 15 is 0 Å². The fourth-order valence-electron chi connectivity index (χ4n) is 3.99. The van der Waals surface area contributed by atoms with Crippen molar-refractivity contribution in [1.29, 1.82) is 0 Å². The summed E-state index contributed by atoms with van der Waals surface area (Å²) in [6, 6.07) is 8.18. The third-order valence-electron chi connectivity index (χ3n) is 5.38. The number of nitrogens with zero attached hydrogens (tertiary/aromatic N) is 2. The number of aromatic amines is 1. The van der Waals surface area contributed by atoms with Crippen LogP contribution in [-0.2, 0) is 19.5 Å². The standard InChI is InChI=1S/C20H27N5O/c1-14-3-2-10-25(12-14)13-15-4-6-16(7-5-15)22-20(26)19-17-11-21-9-8-18(17)23-24-19/h4-7,14,21H,2-3,8-13H2,1H3,(H,22,26)(H,23,24). The number of hydrogen-bond donors (Lipinski definition) is 3. The van der Waals surface area contributed by atoms with Gasteiger partial charge in [0, 0.05) is 49.5 Å². The van der Waals surface area contributed by atoms with Crippen molar-refractivity contribution in [1.82, 2.24) is 20.4 Å². The molecule has 0 bridgehead atoms. The fraction of sp³-hybridized carbons (Fsp3) is 0.500. The molecule has 26 heavy (non-hydrogen) atoms. The van der Waals surface area contributed by atoms with Gasteiger partial charge >= 0.3 is 0 Å². The number of likely N-dealkylation sites (tertiary alicyclic amines) is 1. The Kier molecular flexibility index (Phi) is 5.04. The Morgan fingerprint density at radius 3 is 3.00 bits per heavy atom. The van der Waals surface area contributed by atoms with E-state index in [1.165, 1.54) is 31.5 Å². The Labute approximate surface area is 154 Å². The molecule has 0 radical (unpaired) electrons. The zero-order valence-electron chi connectivity index (χ0n) is 15.3. The maximum atomic E-state index is 12.6. The molecule has 6 nitrogen and oxygen atoms in total. The summed E-state index contributed by atoms with van der Waals surface area (Å²) >= 11 is 0. The van der Waals surface area contributed by atoms with E-state index in [2.05, 4.69) is 44.8 Å². The second kappa shape index (κ2) is 7.60. The molecule has 0 saturated carbocycles. The topological polar surface area (TPSA) is 73.0 Å². The number of anilines is 1. The van der Waals surface area contributed by atoms with E-state index in [4.69, 9.17) is 0 Å². The number of fused-ring (bicyclic) bond motifs is 1. The molecule has 1 aromatic heterocycles. The number of nitrogens with one attached hydrogen (secondary N) is 3. The lowest BCUT2D eigenvalue weighted by Crippen LogP contribution is -2.33. The first-order valence-electron chi connectivity index (χ1n) is 9.58. The van der Waals surface area contributed by atoms with E-state index in [-0.39, 0.29) is 5.91 Å². The monoisotopic (exact) mass is 353 g/mol. The minimum absolute atomic E-state index is 0.149. The van der Waals surface area contributed by atoms with E-state index in [9.17, 15) is 4.79 Å². The summed E-state index contributed by atoms with van der Waals surface area (Å²) in [4.78, 5) is 15.1. The van der Waals surface area contributed by atoms with Crippen LogP contribution in [0.1, 0.15) is 47.1 Å². The molecule has 3 N–H and O–H groups in total. The van der Waals surface area contributed by atoms with Crippen molar-refractivity contribution >= 4 is 11.6 Å². The van der Waals surface area contributed by atoms with Crippen LogP contribution in [0.4, 0.5) is 5.69 Å². The molecule has 2 aliphatic rings. The first-order valence-corrected chi connectivity index (χ1v) is 9.58. The van der Waals surface area contributed by atoms with Crippen molar-refractivity contribution < 1.29 is 4.79 Å². The molecular formula is C20H27N5O. The maximum absolute atomic E-state index is 12.6. The van der Waals surface area contributed by atoms with Gasteiger partial charge in [-0.1, -0.05) is 19.1 Å². The number of amides is 1.